The number of rotatable bonds is 2. The quantitative estimate of drug-likeness (QED) is 0.881. The molecule has 0 unspecified atom stereocenters. The molecule has 2 heterocycles. The molecule has 100 valence electrons. The Morgan fingerprint density at radius 3 is 2.58 bits per heavy atom. The summed E-state index contributed by atoms with van der Waals surface area (Å²) in [7, 11) is 0. The maximum absolute atomic E-state index is 11.3. The fourth-order valence-electron chi connectivity index (χ4n) is 1.69. The van der Waals surface area contributed by atoms with Crippen LogP contribution in [0.4, 0.5) is 5.82 Å². The Morgan fingerprint density at radius 2 is 2.11 bits per heavy atom. The number of carboxylic acids is 1. The lowest BCUT2D eigenvalue weighted by molar-refractivity contribution is 0.0699. The second-order valence-electron chi connectivity index (χ2n) is 5.19. The molecule has 0 spiro atoms. The van der Waals surface area contributed by atoms with Gasteiger partial charge >= 0.3 is 5.97 Å². The number of nitrogen functional groups attached to an aromatic ring is 1. The van der Waals surface area contributed by atoms with Gasteiger partial charge in [0, 0.05) is 11.6 Å². The van der Waals surface area contributed by atoms with Gasteiger partial charge in [-0.1, -0.05) is 20.8 Å². The lowest BCUT2D eigenvalue weighted by Gasteiger charge is -2.16. The summed E-state index contributed by atoms with van der Waals surface area (Å²) >= 11 is 1.13. The number of hydrogen-bond acceptors (Lipinski definition) is 5. The van der Waals surface area contributed by atoms with Crippen LogP contribution in [0, 0.1) is 0 Å². The van der Waals surface area contributed by atoms with E-state index in [-0.39, 0.29) is 10.3 Å². The van der Waals surface area contributed by atoms with Crippen molar-refractivity contribution in [3.63, 3.8) is 0 Å². The van der Waals surface area contributed by atoms with Gasteiger partial charge in [-0.2, -0.15) is 0 Å². The van der Waals surface area contributed by atoms with Crippen molar-refractivity contribution in [2.45, 2.75) is 26.2 Å². The largest absolute Gasteiger partial charge is 0.477 e. The highest BCUT2D eigenvalue weighted by molar-refractivity contribution is 7.17. The first-order valence-corrected chi connectivity index (χ1v) is 6.58. The van der Waals surface area contributed by atoms with Gasteiger partial charge < -0.3 is 10.8 Å². The molecule has 2 aromatic rings. The highest BCUT2D eigenvalue weighted by Gasteiger charge is 2.27. The first kappa shape index (κ1) is 13.5. The fraction of sp³-hybridized carbons (Fsp3) is 0.308. The van der Waals surface area contributed by atoms with E-state index in [1.807, 2.05) is 20.8 Å². The van der Waals surface area contributed by atoms with Crippen LogP contribution < -0.4 is 5.73 Å². The molecule has 6 heteroatoms. The minimum absolute atomic E-state index is 0.255. The Bertz CT molecular complexity index is 629. The van der Waals surface area contributed by atoms with Crippen LogP contribution in [-0.2, 0) is 5.41 Å². The van der Waals surface area contributed by atoms with Crippen LogP contribution in [0.3, 0.4) is 0 Å². The number of aromatic nitrogens is 2. The molecule has 0 aromatic carbocycles. The number of carbonyl (C=O) groups is 1. The molecule has 0 bridgehead atoms. The van der Waals surface area contributed by atoms with Crippen molar-refractivity contribution in [2.24, 2.45) is 0 Å². The van der Waals surface area contributed by atoms with Gasteiger partial charge in [0.2, 0.25) is 0 Å². The molecule has 0 aliphatic heterocycles. The summed E-state index contributed by atoms with van der Waals surface area (Å²) < 4.78 is 0. The molecular weight excluding hydrogens is 262 g/mol. The summed E-state index contributed by atoms with van der Waals surface area (Å²) in [5, 5.41) is 9.87. The summed E-state index contributed by atoms with van der Waals surface area (Å²) in [6.45, 7) is 5.81. The highest BCUT2D eigenvalue weighted by atomic mass is 32.1. The normalized spacial score (nSPS) is 11.5. The molecular formula is C13H15N3O2S. The minimum Gasteiger partial charge on any atom is -0.477 e. The third kappa shape index (κ3) is 2.58. The molecule has 5 nitrogen and oxygen atoms in total. The second kappa shape index (κ2) is 4.62. The summed E-state index contributed by atoms with van der Waals surface area (Å²) in [6.07, 6.45) is 1.59. The van der Waals surface area contributed by atoms with E-state index in [1.54, 1.807) is 18.3 Å². The maximum Gasteiger partial charge on any atom is 0.347 e. The van der Waals surface area contributed by atoms with Gasteiger partial charge in [0.1, 0.15) is 15.7 Å². The van der Waals surface area contributed by atoms with E-state index in [2.05, 4.69) is 9.97 Å². The minimum atomic E-state index is -0.962. The topological polar surface area (TPSA) is 89.1 Å². The van der Waals surface area contributed by atoms with Gasteiger partial charge in [0.25, 0.3) is 0 Å². The number of pyridine rings is 1. The van der Waals surface area contributed by atoms with Crippen LogP contribution in [0.2, 0.25) is 0 Å². The predicted octanol–water partition coefficient (Wildman–Crippen LogP) is 2.78. The summed E-state index contributed by atoms with van der Waals surface area (Å²) in [4.78, 5) is 20.0. The lowest BCUT2D eigenvalue weighted by atomic mass is 9.91. The summed E-state index contributed by atoms with van der Waals surface area (Å²) in [5.74, 6) is -0.607. The average molecular weight is 277 g/mol. The zero-order chi connectivity index (χ0) is 14.2. The molecule has 0 aliphatic rings. The van der Waals surface area contributed by atoms with E-state index in [4.69, 9.17) is 5.73 Å². The SMILES string of the molecule is CC(C)(C)c1nc(-c2cccnc2N)sc1C(=O)O. The van der Waals surface area contributed by atoms with Crippen molar-refractivity contribution in [2.75, 3.05) is 5.73 Å². The second-order valence-corrected chi connectivity index (χ2v) is 6.19. The van der Waals surface area contributed by atoms with Crippen molar-refractivity contribution in [3.8, 4) is 10.6 Å². The first-order valence-electron chi connectivity index (χ1n) is 5.76. The monoisotopic (exact) mass is 277 g/mol. The summed E-state index contributed by atoms with van der Waals surface area (Å²) in [6, 6.07) is 3.55. The zero-order valence-corrected chi connectivity index (χ0v) is 11.8. The zero-order valence-electron chi connectivity index (χ0n) is 11.0. The van der Waals surface area contributed by atoms with Crippen LogP contribution in [-0.4, -0.2) is 21.0 Å². The van der Waals surface area contributed by atoms with Crippen LogP contribution in [0.1, 0.15) is 36.1 Å². The summed E-state index contributed by atoms with van der Waals surface area (Å²) in [5.41, 5.74) is 6.72. The fourth-order valence-corrected chi connectivity index (χ4v) is 2.84. The first-order chi connectivity index (χ1) is 8.80. The van der Waals surface area contributed by atoms with Gasteiger partial charge in [0.05, 0.1) is 11.3 Å². The number of thiazole rings is 1. The van der Waals surface area contributed by atoms with E-state index >= 15 is 0 Å². The van der Waals surface area contributed by atoms with E-state index in [0.29, 0.717) is 22.1 Å². The Morgan fingerprint density at radius 1 is 1.42 bits per heavy atom. The van der Waals surface area contributed by atoms with Gasteiger partial charge in [0.15, 0.2) is 0 Å². The van der Waals surface area contributed by atoms with E-state index in [1.165, 1.54) is 0 Å². The number of anilines is 1. The van der Waals surface area contributed by atoms with Crippen molar-refractivity contribution >= 4 is 23.1 Å². The van der Waals surface area contributed by atoms with E-state index in [0.717, 1.165) is 11.3 Å². The molecule has 19 heavy (non-hydrogen) atoms. The lowest BCUT2D eigenvalue weighted by Crippen LogP contribution is -2.16. The van der Waals surface area contributed by atoms with Crippen molar-refractivity contribution < 1.29 is 9.90 Å². The van der Waals surface area contributed by atoms with Crippen molar-refractivity contribution in [1.29, 1.82) is 0 Å². The Labute approximate surface area is 115 Å². The number of carboxylic acid groups (broad SMARTS) is 1. The molecule has 3 N–H and O–H groups in total. The molecule has 0 saturated heterocycles. The maximum atomic E-state index is 11.3. The van der Waals surface area contributed by atoms with Crippen LogP contribution in [0.15, 0.2) is 18.3 Å². The number of aromatic carboxylic acids is 1. The smallest absolute Gasteiger partial charge is 0.347 e. The van der Waals surface area contributed by atoms with Gasteiger partial charge in [-0.25, -0.2) is 14.8 Å². The number of nitrogens with zero attached hydrogens (tertiary/aromatic N) is 2. The van der Waals surface area contributed by atoms with Crippen molar-refractivity contribution in [1.82, 2.24) is 9.97 Å². The van der Waals surface area contributed by atoms with Gasteiger partial charge in [-0.05, 0) is 12.1 Å². The average Bonchev–Trinajstić information content (AvgIpc) is 2.74. The Balaban J connectivity index is 2.62. The van der Waals surface area contributed by atoms with Crippen LogP contribution in [0.25, 0.3) is 10.6 Å². The van der Waals surface area contributed by atoms with Crippen molar-refractivity contribution in [3.05, 3.63) is 28.9 Å². The van der Waals surface area contributed by atoms with E-state index in [9.17, 15) is 9.90 Å². The molecule has 0 amide bonds. The standard InChI is InChI=1S/C13H15N3O2S/c1-13(2,3)9-8(12(17)18)19-11(16-9)7-5-4-6-15-10(7)14/h4-6H,1-3H3,(H2,14,15)(H,17,18). The predicted molar refractivity (Wildman–Crippen MR) is 75.4 cm³/mol. The van der Waals surface area contributed by atoms with Gasteiger partial charge in [-0.15, -0.1) is 11.3 Å². The molecule has 2 aromatic heterocycles. The third-order valence-corrected chi connectivity index (χ3v) is 3.68. The van der Waals surface area contributed by atoms with Crippen LogP contribution in [0.5, 0.6) is 0 Å². The van der Waals surface area contributed by atoms with Crippen LogP contribution >= 0.6 is 11.3 Å². The molecule has 0 saturated carbocycles. The number of nitrogens with two attached hydrogens (primary N) is 1. The highest BCUT2D eigenvalue weighted by Crippen LogP contribution is 2.35. The van der Waals surface area contributed by atoms with Gasteiger partial charge in [-0.3, -0.25) is 0 Å². The Kier molecular flexibility index (Phi) is 3.28. The molecule has 2 rings (SSSR count). The number of hydrogen-bond donors (Lipinski definition) is 2. The Hall–Kier alpha value is -1.95. The molecule has 0 atom stereocenters. The third-order valence-electron chi connectivity index (χ3n) is 2.60. The molecule has 0 radical (unpaired) electrons. The molecule has 0 fully saturated rings. The molecule has 0 aliphatic carbocycles. The van der Waals surface area contributed by atoms with E-state index < -0.39 is 5.97 Å².